The molecule has 3 aromatic rings. The number of hydrazine groups is 1. The minimum absolute atomic E-state index is 0.0348. The number of ether oxygens (including phenoxy) is 3. The van der Waals surface area contributed by atoms with Gasteiger partial charge in [-0.3, -0.25) is 20.4 Å². The third kappa shape index (κ3) is 5.13. The average Bonchev–Trinajstić information content (AvgIpc) is 3.26. The SMILES string of the molecule is CCCOc1ccc(C(=O)NNC(=O)c2nn(-c3ccccc3)cc2OC)cc1OC. The Bertz CT molecular complexity index is 1050. The number of nitrogens with zero attached hydrogens (tertiary/aromatic N) is 2. The lowest BCUT2D eigenvalue weighted by Gasteiger charge is -2.12. The summed E-state index contributed by atoms with van der Waals surface area (Å²) < 4.78 is 17.6. The first-order valence-electron chi connectivity index (χ1n) is 9.68. The molecule has 0 aliphatic rings. The number of hydrogen-bond acceptors (Lipinski definition) is 6. The van der Waals surface area contributed by atoms with Crippen LogP contribution in [0.4, 0.5) is 0 Å². The highest BCUT2D eigenvalue weighted by Crippen LogP contribution is 2.28. The highest BCUT2D eigenvalue weighted by Gasteiger charge is 2.19. The summed E-state index contributed by atoms with van der Waals surface area (Å²) >= 11 is 0. The molecule has 0 radical (unpaired) electrons. The zero-order valence-electron chi connectivity index (χ0n) is 17.5. The van der Waals surface area contributed by atoms with Gasteiger partial charge in [0.05, 0.1) is 32.7 Å². The van der Waals surface area contributed by atoms with Crippen molar-refractivity contribution in [3.63, 3.8) is 0 Å². The Labute approximate surface area is 179 Å². The number of rotatable bonds is 8. The summed E-state index contributed by atoms with van der Waals surface area (Å²) in [6.07, 6.45) is 2.44. The second-order valence-electron chi connectivity index (χ2n) is 6.45. The quantitative estimate of drug-likeness (QED) is 0.539. The van der Waals surface area contributed by atoms with E-state index in [1.807, 2.05) is 37.3 Å². The number of nitrogens with one attached hydrogen (secondary N) is 2. The molecule has 2 aromatic carbocycles. The molecule has 3 rings (SSSR count). The first-order valence-corrected chi connectivity index (χ1v) is 9.68. The predicted molar refractivity (Wildman–Crippen MR) is 114 cm³/mol. The van der Waals surface area contributed by atoms with Crippen LogP contribution in [0.1, 0.15) is 34.2 Å². The van der Waals surface area contributed by atoms with Crippen LogP contribution in [0.5, 0.6) is 17.2 Å². The van der Waals surface area contributed by atoms with Crippen molar-refractivity contribution >= 4 is 11.8 Å². The molecule has 9 heteroatoms. The van der Waals surface area contributed by atoms with Crippen LogP contribution < -0.4 is 25.1 Å². The van der Waals surface area contributed by atoms with Gasteiger partial charge in [0.1, 0.15) is 0 Å². The molecule has 0 saturated carbocycles. The third-order valence-corrected chi connectivity index (χ3v) is 4.31. The van der Waals surface area contributed by atoms with E-state index in [-0.39, 0.29) is 11.4 Å². The molecule has 31 heavy (non-hydrogen) atoms. The van der Waals surface area contributed by atoms with Crippen LogP contribution in [-0.2, 0) is 0 Å². The van der Waals surface area contributed by atoms with E-state index >= 15 is 0 Å². The zero-order chi connectivity index (χ0) is 22.2. The fourth-order valence-electron chi connectivity index (χ4n) is 2.76. The van der Waals surface area contributed by atoms with Crippen LogP contribution in [0, 0.1) is 0 Å². The Morgan fingerprint density at radius 1 is 0.935 bits per heavy atom. The molecule has 2 amide bonds. The third-order valence-electron chi connectivity index (χ3n) is 4.31. The molecule has 162 valence electrons. The van der Waals surface area contributed by atoms with Crippen LogP contribution in [0.25, 0.3) is 5.69 Å². The van der Waals surface area contributed by atoms with Gasteiger partial charge in [-0.1, -0.05) is 25.1 Å². The van der Waals surface area contributed by atoms with Crippen molar-refractivity contribution in [1.82, 2.24) is 20.6 Å². The normalized spacial score (nSPS) is 10.3. The lowest BCUT2D eigenvalue weighted by atomic mass is 10.2. The lowest BCUT2D eigenvalue weighted by molar-refractivity contribution is 0.0841. The Morgan fingerprint density at radius 2 is 1.65 bits per heavy atom. The number of carbonyl (C=O) groups is 2. The Morgan fingerprint density at radius 3 is 2.32 bits per heavy atom. The maximum atomic E-state index is 12.6. The van der Waals surface area contributed by atoms with Crippen LogP contribution in [0.2, 0.25) is 0 Å². The summed E-state index contributed by atoms with van der Waals surface area (Å²) in [6.45, 7) is 2.53. The van der Waals surface area contributed by atoms with Crippen molar-refractivity contribution in [2.24, 2.45) is 0 Å². The molecular weight excluding hydrogens is 400 g/mol. The van der Waals surface area contributed by atoms with E-state index in [1.165, 1.54) is 25.0 Å². The van der Waals surface area contributed by atoms with Gasteiger partial charge in [0, 0.05) is 5.56 Å². The molecule has 0 bridgehead atoms. The monoisotopic (exact) mass is 424 g/mol. The molecule has 0 aliphatic carbocycles. The summed E-state index contributed by atoms with van der Waals surface area (Å²) in [6, 6.07) is 14.1. The van der Waals surface area contributed by atoms with Gasteiger partial charge in [0.2, 0.25) is 0 Å². The maximum Gasteiger partial charge on any atom is 0.294 e. The second-order valence-corrected chi connectivity index (χ2v) is 6.45. The first-order chi connectivity index (χ1) is 15.1. The van der Waals surface area contributed by atoms with Gasteiger partial charge in [0.15, 0.2) is 22.9 Å². The Kier molecular flexibility index (Phi) is 7.10. The molecule has 0 saturated heterocycles. The molecule has 0 spiro atoms. The smallest absolute Gasteiger partial charge is 0.294 e. The van der Waals surface area contributed by atoms with Crippen molar-refractivity contribution in [3.05, 3.63) is 66.0 Å². The van der Waals surface area contributed by atoms with Gasteiger partial charge in [-0.2, -0.15) is 5.10 Å². The fraction of sp³-hybridized carbons (Fsp3) is 0.227. The fourth-order valence-corrected chi connectivity index (χ4v) is 2.76. The van der Waals surface area contributed by atoms with E-state index in [9.17, 15) is 9.59 Å². The number of benzene rings is 2. The van der Waals surface area contributed by atoms with E-state index in [2.05, 4.69) is 16.0 Å². The summed E-state index contributed by atoms with van der Waals surface area (Å²) in [5.41, 5.74) is 5.82. The van der Waals surface area contributed by atoms with Crippen molar-refractivity contribution in [2.75, 3.05) is 20.8 Å². The number of carbonyl (C=O) groups excluding carboxylic acids is 2. The van der Waals surface area contributed by atoms with Gasteiger partial charge in [0.25, 0.3) is 11.8 Å². The second kappa shape index (κ2) is 10.1. The number of hydrogen-bond donors (Lipinski definition) is 2. The van der Waals surface area contributed by atoms with Crippen molar-refractivity contribution in [2.45, 2.75) is 13.3 Å². The Hall–Kier alpha value is -4.01. The summed E-state index contributed by atoms with van der Waals surface area (Å²) in [7, 11) is 2.93. The molecule has 0 unspecified atom stereocenters. The number of aromatic nitrogens is 2. The maximum absolute atomic E-state index is 12.6. The van der Waals surface area contributed by atoms with Gasteiger partial charge < -0.3 is 14.2 Å². The molecule has 2 N–H and O–H groups in total. The van der Waals surface area contributed by atoms with E-state index < -0.39 is 11.8 Å². The van der Waals surface area contributed by atoms with Crippen LogP contribution in [0.15, 0.2) is 54.7 Å². The Balaban J connectivity index is 1.69. The van der Waals surface area contributed by atoms with Crippen LogP contribution in [0.3, 0.4) is 0 Å². The molecule has 9 nitrogen and oxygen atoms in total. The minimum atomic E-state index is -0.616. The highest BCUT2D eigenvalue weighted by atomic mass is 16.5. The minimum Gasteiger partial charge on any atom is -0.493 e. The molecular formula is C22H24N4O5. The number of methoxy groups -OCH3 is 2. The van der Waals surface area contributed by atoms with Crippen molar-refractivity contribution in [1.29, 1.82) is 0 Å². The summed E-state index contributed by atoms with van der Waals surface area (Å²) in [4.78, 5) is 25.0. The van der Waals surface area contributed by atoms with Gasteiger partial charge >= 0.3 is 0 Å². The van der Waals surface area contributed by atoms with E-state index in [0.29, 0.717) is 23.7 Å². The first kappa shape index (κ1) is 21.7. The molecule has 0 atom stereocenters. The van der Waals surface area contributed by atoms with E-state index in [0.717, 1.165) is 12.1 Å². The number of para-hydroxylation sites is 1. The standard InChI is InChI=1S/C22H24N4O5/c1-4-12-31-17-11-10-15(13-18(17)29-2)21(27)23-24-22(28)20-19(30-3)14-26(25-20)16-8-6-5-7-9-16/h5-11,13-14H,4,12H2,1-3H3,(H,23,27)(H,24,28). The topological polar surface area (TPSA) is 104 Å². The molecule has 0 aliphatic heterocycles. The number of amides is 2. The van der Waals surface area contributed by atoms with E-state index in [4.69, 9.17) is 14.2 Å². The molecule has 1 heterocycles. The predicted octanol–water partition coefficient (Wildman–Crippen LogP) is 2.75. The summed E-state index contributed by atoms with van der Waals surface area (Å²) in [5.74, 6) is 0.108. The molecule has 1 aromatic heterocycles. The highest BCUT2D eigenvalue weighted by molar-refractivity contribution is 5.99. The summed E-state index contributed by atoms with van der Waals surface area (Å²) in [5, 5.41) is 4.26. The van der Waals surface area contributed by atoms with Crippen LogP contribution in [-0.4, -0.2) is 42.4 Å². The van der Waals surface area contributed by atoms with Gasteiger partial charge in [-0.05, 0) is 36.8 Å². The van der Waals surface area contributed by atoms with Crippen LogP contribution >= 0.6 is 0 Å². The van der Waals surface area contributed by atoms with Crippen molar-refractivity contribution in [3.8, 4) is 22.9 Å². The molecule has 0 fully saturated rings. The average molecular weight is 424 g/mol. The largest absolute Gasteiger partial charge is 0.493 e. The van der Waals surface area contributed by atoms with Gasteiger partial charge in [-0.15, -0.1) is 0 Å². The lowest BCUT2D eigenvalue weighted by Crippen LogP contribution is -2.42. The van der Waals surface area contributed by atoms with Crippen molar-refractivity contribution < 1.29 is 23.8 Å². The zero-order valence-corrected chi connectivity index (χ0v) is 17.5. The van der Waals surface area contributed by atoms with E-state index in [1.54, 1.807) is 18.3 Å². The van der Waals surface area contributed by atoms with Gasteiger partial charge in [-0.25, -0.2) is 4.68 Å².